The summed E-state index contributed by atoms with van der Waals surface area (Å²) in [4.78, 5) is 12.3. The number of ketones is 1. The summed E-state index contributed by atoms with van der Waals surface area (Å²) in [6, 6.07) is 0. The molecule has 2 N–H and O–H groups in total. The van der Waals surface area contributed by atoms with Crippen LogP contribution in [0.4, 0.5) is 0 Å². The van der Waals surface area contributed by atoms with Gasteiger partial charge in [-0.2, -0.15) is 0 Å². The predicted octanol–water partition coefficient (Wildman–Crippen LogP) is 2.75. The number of hydrogen-bond acceptors (Lipinski definition) is 4. The Morgan fingerprint density at radius 1 is 1.29 bits per heavy atom. The van der Waals surface area contributed by atoms with E-state index >= 15 is 0 Å². The molecule has 2 atom stereocenters. The van der Waals surface area contributed by atoms with Crippen molar-refractivity contribution < 1.29 is 19.7 Å². The maximum absolute atomic E-state index is 12.3. The molecule has 0 aromatic carbocycles. The summed E-state index contributed by atoms with van der Waals surface area (Å²) in [7, 11) is 1.42. The topological polar surface area (TPSA) is 66.8 Å². The van der Waals surface area contributed by atoms with Gasteiger partial charge in [-0.25, -0.2) is 0 Å². The average Bonchev–Trinajstić information content (AvgIpc) is 2.47. The highest BCUT2D eigenvalue weighted by Gasteiger charge is 2.54. The van der Waals surface area contributed by atoms with Crippen LogP contribution in [0.25, 0.3) is 0 Å². The van der Waals surface area contributed by atoms with Crippen LogP contribution in [0, 0.1) is 23.2 Å². The van der Waals surface area contributed by atoms with E-state index in [0.717, 1.165) is 30.4 Å². The Kier molecular flexibility index (Phi) is 4.99. The molecule has 0 aliphatic heterocycles. The molecule has 0 saturated carbocycles. The van der Waals surface area contributed by atoms with Gasteiger partial charge in [0.15, 0.2) is 5.76 Å². The van der Waals surface area contributed by atoms with Crippen molar-refractivity contribution in [3.05, 3.63) is 22.5 Å². The molecule has 0 aromatic heterocycles. The third-order valence-corrected chi connectivity index (χ3v) is 5.13. The highest BCUT2D eigenvalue weighted by Crippen LogP contribution is 2.42. The van der Waals surface area contributed by atoms with Gasteiger partial charge in [-0.05, 0) is 49.0 Å². The molecule has 2 aliphatic rings. The van der Waals surface area contributed by atoms with Crippen LogP contribution in [0.5, 0.6) is 0 Å². The lowest BCUT2D eigenvalue weighted by Crippen LogP contribution is -2.52. The predicted molar refractivity (Wildman–Crippen MR) is 92.9 cm³/mol. The molecule has 0 saturated heterocycles. The van der Waals surface area contributed by atoms with Gasteiger partial charge in [0.05, 0.1) is 7.11 Å². The van der Waals surface area contributed by atoms with Crippen molar-refractivity contribution in [3.63, 3.8) is 0 Å². The maximum atomic E-state index is 12.3. The molecular formula is C20H28O4. The van der Waals surface area contributed by atoms with Gasteiger partial charge < -0.3 is 14.9 Å². The Morgan fingerprint density at radius 2 is 1.92 bits per heavy atom. The highest BCUT2D eigenvalue weighted by atomic mass is 16.5. The SMILES string of the molecule is COC1=C(C(C)C)C(=O)C1(O)C#CC(O)C1=C(C)CCCC1(C)C. The van der Waals surface area contributed by atoms with Gasteiger partial charge in [-0.3, -0.25) is 4.79 Å². The molecule has 0 aromatic rings. The van der Waals surface area contributed by atoms with Gasteiger partial charge >= 0.3 is 0 Å². The van der Waals surface area contributed by atoms with Crippen LogP contribution in [-0.2, 0) is 9.53 Å². The minimum atomic E-state index is -1.93. The van der Waals surface area contributed by atoms with Crippen molar-refractivity contribution in [3.8, 4) is 11.8 Å². The van der Waals surface area contributed by atoms with E-state index in [-0.39, 0.29) is 17.1 Å². The summed E-state index contributed by atoms with van der Waals surface area (Å²) < 4.78 is 5.20. The Bertz CT molecular complexity index is 669. The molecule has 24 heavy (non-hydrogen) atoms. The molecule has 132 valence electrons. The molecular weight excluding hydrogens is 304 g/mol. The number of hydrogen-bond donors (Lipinski definition) is 2. The highest BCUT2D eigenvalue weighted by molar-refractivity contribution is 6.14. The van der Waals surface area contributed by atoms with Gasteiger partial charge in [0.25, 0.3) is 0 Å². The number of carbonyl (C=O) groups excluding carboxylic acids is 1. The monoisotopic (exact) mass is 332 g/mol. The molecule has 0 amide bonds. The van der Waals surface area contributed by atoms with E-state index in [1.54, 1.807) is 0 Å². The summed E-state index contributed by atoms with van der Waals surface area (Å²) in [5.74, 6) is 5.01. The first-order chi connectivity index (χ1) is 11.1. The van der Waals surface area contributed by atoms with E-state index in [0.29, 0.717) is 5.57 Å². The minimum absolute atomic E-state index is 0.0401. The van der Waals surface area contributed by atoms with E-state index in [4.69, 9.17) is 4.74 Å². The number of methoxy groups -OCH3 is 1. The second-order valence-corrected chi connectivity index (χ2v) is 7.74. The Hall–Kier alpha value is -1.57. The number of Topliss-reactive ketones (excluding diaryl/α,β-unsaturated/α-hetero) is 1. The lowest BCUT2D eigenvalue weighted by atomic mass is 9.70. The van der Waals surface area contributed by atoms with Crippen molar-refractivity contribution in [2.24, 2.45) is 11.3 Å². The summed E-state index contributed by atoms with van der Waals surface area (Å²) in [5, 5.41) is 21.1. The van der Waals surface area contributed by atoms with E-state index in [1.807, 2.05) is 20.8 Å². The fraction of sp³-hybridized carbons (Fsp3) is 0.650. The van der Waals surface area contributed by atoms with Gasteiger partial charge in [0.1, 0.15) is 6.10 Å². The number of rotatable bonds is 3. The Labute approximate surface area is 144 Å². The first-order valence-electron chi connectivity index (χ1n) is 8.53. The summed E-state index contributed by atoms with van der Waals surface area (Å²) in [6.07, 6.45) is 2.04. The fourth-order valence-corrected chi connectivity index (χ4v) is 3.92. The number of ether oxygens (including phenoxy) is 1. The zero-order valence-corrected chi connectivity index (χ0v) is 15.5. The second kappa shape index (κ2) is 6.38. The van der Waals surface area contributed by atoms with E-state index in [1.165, 1.54) is 7.11 Å². The van der Waals surface area contributed by atoms with Gasteiger partial charge in [-0.1, -0.05) is 39.2 Å². The number of aliphatic hydroxyl groups is 2. The van der Waals surface area contributed by atoms with E-state index < -0.39 is 17.5 Å². The van der Waals surface area contributed by atoms with Gasteiger partial charge in [0, 0.05) is 5.57 Å². The van der Waals surface area contributed by atoms with Crippen molar-refractivity contribution in [2.75, 3.05) is 7.11 Å². The molecule has 4 nitrogen and oxygen atoms in total. The van der Waals surface area contributed by atoms with Crippen LogP contribution in [0.2, 0.25) is 0 Å². The van der Waals surface area contributed by atoms with Crippen LogP contribution in [0.3, 0.4) is 0 Å². The van der Waals surface area contributed by atoms with Gasteiger partial charge in [-0.15, -0.1) is 0 Å². The summed E-state index contributed by atoms with van der Waals surface area (Å²) >= 11 is 0. The third-order valence-electron chi connectivity index (χ3n) is 5.13. The largest absolute Gasteiger partial charge is 0.496 e. The summed E-state index contributed by atoms with van der Waals surface area (Å²) in [6.45, 7) is 9.94. The van der Waals surface area contributed by atoms with Crippen LogP contribution < -0.4 is 0 Å². The average molecular weight is 332 g/mol. The lowest BCUT2D eigenvalue weighted by Gasteiger charge is -2.37. The van der Waals surface area contributed by atoms with Gasteiger partial charge in [0.2, 0.25) is 11.4 Å². The fourth-order valence-electron chi connectivity index (χ4n) is 3.92. The second-order valence-electron chi connectivity index (χ2n) is 7.74. The molecule has 2 unspecified atom stereocenters. The van der Waals surface area contributed by atoms with E-state index in [9.17, 15) is 15.0 Å². The summed E-state index contributed by atoms with van der Waals surface area (Å²) in [5.41, 5.74) is 0.458. The van der Waals surface area contributed by atoms with Crippen LogP contribution in [0.15, 0.2) is 22.5 Å². The first kappa shape index (κ1) is 18.8. The van der Waals surface area contributed by atoms with Crippen molar-refractivity contribution in [2.45, 2.75) is 65.6 Å². The zero-order valence-electron chi connectivity index (χ0n) is 15.5. The lowest BCUT2D eigenvalue weighted by molar-refractivity contribution is -0.134. The molecule has 4 heteroatoms. The van der Waals surface area contributed by atoms with Crippen LogP contribution in [0.1, 0.15) is 53.9 Å². The maximum Gasteiger partial charge on any atom is 0.247 e. The molecule has 0 fully saturated rings. The van der Waals surface area contributed by atoms with Crippen molar-refractivity contribution in [1.82, 2.24) is 0 Å². The number of allylic oxidation sites excluding steroid dienone is 1. The molecule has 0 spiro atoms. The molecule has 2 aliphatic carbocycles. The van der Waals surface area contributed by atoms with Crippen LogP contribution in [-0.4, -0.2) is 34.8 Å². The van der Waals surface area contributed by atoms with E-state index in [2.05, 4.69) is 25.7 Å². The van der Waals surface area contributed by atoms with Crippen LogP contribution >= 0.6 is 0 Å². The smallest absolute Gasteiger partial charge is 0.247 e. The number of aliphatic hydroxyl groups excluding tert-OH is 1. The number of carbonyl (C=O) groups is 1. The van der Waals surface area contributed by atoms with Crippen molar-refractivity contribution in [1.29, 1.82) is 0 Å². The normalized spacial score (nSPS) is 27.6. The third kappa shape index (κ3) is 2.92. The minimum Gasteiger partial charge on any atom is -0.496 e. The quantitative estimate of drug-likeness (QED) is 0.616. The van der Waals surface area contributed by atoms with Crippen molar-refractivity contribution >= 4 is 5.78 Å². The standard InChI is InChI=1S/C20H28O4/c1-12(2)15-17(22)20(23,18(15)24-6)11-9-14(21)16-13(3)8-7-10-19(16,4)5/h12,14,21,23H,7-8,10H2,1-6H3. The molecule has 0 bridgehead atoms. The Balaban J connectivity index is 2.35. The molecule has 0 radical (unpaired) electrons. The zero-order chi connectivity index (χ0) is 18.3. The Morgan fingerprint density at radius 3 is 2.42 bits per heavy atom. The molecule has 2 rings (SSSR count). The molecule has 0 heterocycles. The first-order valence-corrected chi connectivity index (χ1v) is 8.53.